The number of aliphatic carboxylic acids is 1. The third-order valence-electron chi connectivity index (χ3n) is 9.58. The van der Waals surface area contributed by atoms with Crippen molar-refractivity contribution in [2.75, 3.05) is 6.54 Å². The summed E-state index contributed by atoms with van der Waals surface area (Å²) < 4.78 is 6.01. The van der Waals surface area contributed by atoms with Crippen LogP contribution in [0, 0.1) is 0 Å². The number of esters is 1. The first-order chi connectivity index (χ1) is 23.9. The summed E-state index contributed by atoms with van der Waals surface area (Å²) in [7, 11) is 0. The van der Waals surface area contributed by atoms with Gasteiger partial charge in [-0.1, -0.05) is 142 Å². The summed E-state index contributed by atoms with van der Waals surface area (Å²) in [6.07, 6.45) is 39.7. The van der Waals surface area contributed by atoms with Crippen molar-refractivity contribution in [3.05, 3.63) is 12.2 Å². The van der Waals surface area contributed by atoms with Crippen LogP contribution >= 0.6 is 0 Å². The van der Waals surface area contributed by atoms with Crippen molar-refractivity contribution in [3.8, 4) is 0 Å². The Bertz CT molecular complexity index is 787. The van der Waals surface area contributed by atoms with Crippen LogP contribution in [-0.4, -0.2) is 41.6 Å². The first-order valence-corrected chi connectivity index (χ1v) is 21.0. The maximum atomic E-state index is 12.7. The Hall–Kier alpha value is -1.89. The van der Waals surface area contributed by atoms with Gasteiger partial charge < -0.3 is 20.9 Å². The minimum absolute atomic E-state index is 0.00584. The molecule has 2 atom stereocenters. The first-order valence-electron chi connectivity index (χ1n) is 21.0. The quantitative estimate of drug-likeness (QED) is 0.0337. The number of amides is 1. The van der Waals surface area contributed by atoms with Crippen molar-refractivity contribution in [1.82, 2.24) is 5.32 Å². The fourth-order valence-corrected chi connectivity index (χ4v) is 6.39. The molecule has 0 aromatic carbocycles. The van der Waals surface area contributed by atoms with Crippen molar-refractivity contribution in [1.29, 1.82) is 0 Å². The largest absolute Gasteiger partial charge is 0.480 e. The molecule has 0 saturated heterocycles. The smallest absolute Gasteiger partial charge is 0.326 e. The second-order valence-corrected chi connectivity index (χ2v) is 14.4. The van der Waals surface area contributed by atoms with Gasteiger partial charge in [0.2, 0.25) is 5.91 Å². The Kier molecular flexibility index (Phi) is 35.9. The number of carbonyl (C=O) groups excluding carboxylic acids is 2. The average Bonchev–Trinajstić information content (AvgIpc) is 3.08. The summed E-state index contributed by atoms with van der Waals surface area (Å²) in [5.74, 6) is -1.24. The molecule has 0 fully saturated rings. The summed E-state index contributed by atoms with van der Waals surface area (Å²) in [5, 5.41) is 11.9. The lowest BCUT2D eigenvalue weighted by Gasteiger charge is -2.18. The summed E-state index contributed by atoms with van der Waals surface area (Å²) >= 11 is 0. The lowest BCUT2D eigenvalue weighted by atomic mass is 10.0. The van der Waals surface area contributed by atoms with E-state index in [1.807, 2.05) is 0 Å². The van der Waals surface area contributed by atoms with E-state index in [1.165, 1.54) is 109 Å². The van der Waals surface area contributed by atoms with Gasteiger partial charge in [-0.05, 0) is 83.6 Å². The molecule has 0 saturated carbocycles. The molecule has 0 bridgehead atoms. The molecule has 49 heavy (non-hydrogen) atoms. The van der Waals surface area contributed by atoms with Gasteiger partial charge in [0.05, 0.1) is 0 Å². The number of carboxylic acid groups (broad SMARTS) is 1. The summed E-state index contributed by atoms with van der Waals surface area (Å²) in [5.41, 5.74) is 5.48. The van der Waals surface area contributed by atoms with Gasteiger partial charge in [-0.15, -0.1) is 0 Å². The molecule has 4 N–H and O–H groups in total. The van der Waals surface area contributed by atoms with Gasteiger partial charge >= 0.3 is 11.9 Å². The molecule has 7 nitrogen and oxygen atoms in total. The van der Waals surface area contributed by atoms with Gasteiger partial charge in [-0.25, -0.2) is 4.79 Å². The first kappa shape index (κ1) is 47.1. The number of nitrogens with one attached hydrogen (secondary N) is 1. The number of nitrogens with two attached hydrogens (primary N) is 1. The van der Waals surface area contributed by atoms with Gasteiger partial charge in [0, 0.05) is 12.8 Å². The number of allylic oxidation sites excluding steroid dienone is 2. The van der Waals surface area contributed by atoms with Crippen LogP contribution in [0.1, 0.15) is 219 Å². The number of ether oxygens (including phenoxy) is 1. The average molecular weight is 693 g/mol. The highest BCUT2D eigenvalue weighted by Gasteiger charge is 2.19. The van der Waals surface area contributed by atoms with E-state index in [-0.39, 0.29) is 18.0 Å². The van der Waals surface area contributed by atoms with Crippen LogP contribution in [0.25, 0.3) is 0 Å². The molecule has 0 aromatic heterocycles. The van der Waals surface area contributed by atoms with Crippen molar-refractivity contribution >= 4 is 17.8 Å². The van der Waals surface area contributed by atoms with Gasteiger partial charge in [-0.2, -0.15) is 0 Å². The topological polar surface area (TPSA) is 119 Å². The normalized spacial score (nSPS) is 12.7. The van der Waals surface area contributed by atoms with Crippen LogP contribution in [0.2, 0.25) is 0 Å². The van der Waals surface area contributed by atoms with Crippen molar-refractivity contribution in [2.45, 2.75) is 231 Å². The fourth-order valence-electron chi connectivity index (χ4n) is 6.39. The van der Waals surface area contributed by atoms with E-state index in [4.69, 9.17) is 10.5 Å². The molecule has 0 radical (unpaired) electrons. The van der Waals surface area contributed by atoms with Gasteiger partial charge in [0.25, 0.3) is 0 Å². The predicted octanol–water partition coefficient (Wildman–Crippen LogP) is 11.5. The Morgan fingerprint density at radius 2 is 1.00 bits per heavy atom. The van der Waals surface area contributed by atoms with Crippen molar-refractivity contribution < 1.29 is 24.2 Å². The lowest BCUT2D eigenvalue weighted by Crippen LogP contribution is -2.40. The highest BCUT2D eigenvalue weighted by atomic mass is 16.5. The molecule has 0 aromatic rings. The molecule has 0 aliphatic heterocycles. The molecule has 7 heteroatoms. The van der Waals surface area contributed by atoms with E-state index in [0.717, 1.165) is 70.6 Å². The molecule has 2 unspecified atom stereocenters. The highest BCUT2D eigenvalue weighted by molar-refractivity contribution is 5.83. The number of hydrogen-bond donors (Lipinski definition) is 3. The minimum atomic E-state index is -1.00. The van der Waals surface area contributed by atoms with Crippen LogP contribution in [0.5, 0.6) is 0 Å². The molecule has 0 rings (SSSR count). The number of carboxylic acids is 1. The third-order valence-corrected chi connectivity index (χ3v) is 9.58. The predicted molar refractivity (Wildman–Crippen MR) is 207 cm³/mol. The number of unbranched alkanes of at least 4 members (excludes halogenated alkanes) is 22. The number of hydrogen-bond acceptors (Lipinski definition) is 5. The Balaban J connectivity index is 4.31. The third kappa shape index (κ3) is 34.3. The number of carbonyl (C=O) groups is 3. The zero-order chi connectivity index (χ0) is 36.0. The van der Waals surface area contributed by atoms with Crippen LogP contribution < -0.4 is 11.1 Å². The second-order valence-electron chi connectivity index (χ2n) is 14.4. The van der Waals surface area contributed by atoms with Crippen molar-refractivity contribution in [2.24, 2.45) is 5.73 Å². The molecular formula is C42H80N2O5. The summed E-state index contributed by atoms with van der Waals surface area (Å²) in [4.78, 5) is 36.2. The molecule has 288 valence electrons. The van der Waals surface area contributed by atoms with Gasteiger partial charge in [0.15, 0.2) is 0 Å². The van der Waals surface area contributed by atoms with E-state index in [9.17, 15) is 19.5 Å². The fraction of sp³-hybridized carbons (Fsp3) is 0.881. The Morgan fingerprint density at radius 1 is 0.571 bits per heavy atom. The Morgan fingerprint density at radius 3 is 1.49 bits per heavy atom. The standard InChI is InChI=1S/C42H80N2O5/c1-3-5-7-9-11-13-14-15-16-17-18-19-20-23-27-32-38(49-41(46)36-30-26-21-12-10-8-6-4-2)33-28-24-22-25-29-35-40(45)44-39(42(47)48)34-31-37-43/h17-18,38-39H,3-16,19-37,43H2,1-2H3,(H,44,45)(H,47,48)/b18-17-. The van der Waals surface area contributed by atoms with Crippen LogP contribution in [0.3, 0.4) is 0 Å². The van der Waals surface area contributed by atoms with Crippen LogP contribution in [-0.2, 0) is 19.1 Å². The molecular weight excluding hydrogens is 612 g/mol. The van der Waals surface area contributed by atoms with E-state index < -0.39 is 12.0 Å². The van der Waals surface area contributed by atoms with Gasteiger partial charge in [0.1, 0.15) is 12.1 Å². The van der Waals surface area contributed by atoms with Crippen LogP contribution in [0.15, 0.2) is 12.2 Å². The SMILES string of the molecule is CCCCCCCCCC/C=C\CCCCCC(CCCCCCCC(=O)NC(CCCN)C(=O)O)OC(=O)CCCCCCCCCC. The van der Waals surface area contributed by atoms with Crippen LogP contribution in [0.4, 0.5) is 0 Å². The molecule has 0 spiro atoms. The lowest BCUT2D eigenvalue weighted by molar-refractivity contribution is -0.150. The van der Waals surface area contributed by atoms with E-state index in [2.05, 4.69) is 31.3 Å². The monoisotopic (exact) mass is 693 g/mol. The highest BCUT2D eigenvalue weighted by Crippen LogP contribution is 2.18. The number of rotatable bonds is 38. The molecule has 1 amide bonds. The Labute approximate surface area is 302 Å². The van der Waals surface area contributed by atoms with E-state index in [1.54, 1.807) is 0 Å². The molecule has 0 heterocycles. The maximum absolute atomic E-state index is 12.7. The zero-order valence-electron chi connectivity index (χ0n) is 32.3. The van der Waals surface area contributed by atoms with Gasteiger partial charge in [-0.3, -0.25) is 9.59 Å². The molecule has 0 aliphatic rings. The van der Waals surface area contributed by atoms with Crippen molar-refractivity contribution in [3.63, 3.8) is 0 Å². The minimum Gasteiger partial charge on any atom is -0.480 e. The zero-order valence-corrected chi connectivity index (χ0v) is 32.3. The van der Waals surface area contributed by atoms with E-state index in [0.29, 0.717) is 32.2 Å². The maximum Gasteiger partial charge on any atom is 0.326 e. The van der Waals surface area contributed by atoms with E-state index >= 15 is 0 Å². The second kappa shape index (κ2) is 37.4. The molecule has 0 aliphatic carbocycles. The summed E-state index contributed by atoms with van der Waals surface area (Å²) in [6, 6.07) is -0.854. The summed E-state index contributed by atoms with van der Waals surface area (Å²) in [6.45, 7) is 4.93.